The molecule has 2 amide bonds. The highest BCUT2D eigenvalue weighted by Crippen LogP contribution is 2.17. The van der Waals surface area contributed by atoms with E-state index in [-0.39, 0.29) is 11.8 Å². The van der Waals surface area contributed by atoms with Crippen LogP contribution in [-0.2, 0) is 9.59 Å². The lowest BCUT2D eigenvalue weighted by Crippen LogP contribution is -2.34. The van der Waals surface area contributed by atoms with Crippen LogP contribution in [0.5, 0.6) is 0 Å². The predicted octanol–water partition coefficient (Wildman–Crippen LogP) is 3.16. The molecule has 1 fully saturated rings. The van der Waals surface area contributed by atoms with Crippen molar-refractivity contribution in [2.75, 3.05) is 19.6 Å². The largest absolute Gasteiger partial charge is 0.352 e. The van der Waals surface area contributed by atoms with E-state index in [4.69, 9.17) is 0 Å². The monoisotopic (exact) mass is 351 g/mol. The molecule has 0 aliphatic carbocycles. The number of nitrogens with one attached hydrogen (secondary N) is 1. The number of fused-ring (bicyclic) bond motifs is 1. The summed E-state index contributed by atoms with van der Waals surface area (Å²) in [4.78, 5) is 30.5. The van der Waals surface area contributed by atoms with Crippen molar-refractivity contribution in [1.82, 2.24) is 15.2 Å². The second-order valence-electron chi connectivity index (χ2n) is 6.59. The van der Waals surface area contributed by atoms with Gasteiger partial charge in [-0.25, -0.2) is 0 Å². The SMILES string of the molecule is O=C(/C=C/c1cccc2cccnc12)NCCC(=O)N1CCCCCC1. The fraction of sp³-hybridized carbons (Fsp3) is 0.381. The first-order valence-corrected chi connectivity index (χ1v) is 9.31. The Morgan fingerprint density at radius 2 is 1.85 bits per heavy atom. The van der Waals surface area contributed by atoms with Gasteiger partial charge in [0.25, 0.3) is 0 Å². The van der Waals surface area contributed by atoms with E-state index in [0.717, 1.165) is 42.4 Å². The van der Waals surface area contributed by atoms with Gasteiger partial charge >= 0.3 is 0 Å². The van der Waals surface area contributed by atoms with E-state index in [1.807, 2.05) is 35.2 Å². The highest BCUT2D eigenvalue weighted by molar-refractivity contribution is 5.95. The van der Waals surface area contributed by atoms with Crippen LogP contribution in [-0.4, -0.2) is 41.3 Å². The second-order valence-corrected chi connectivity index (χ2v) is 6.59. The molecule has 2 aromatic rings. The van der Waals surface area contributed by atoms with Crippen LogP contribution in [0.4, 0.5) is 0 Å². The molecule has 5 nitrogen and oxygen atoms in total. The maximum Gasteiger partial charge on any atom is 0.244 e. The van der Waals surface area contributed by atoms with E-state index in [1.54, 1.807) is 12.3 Å². The maximum absolute atomic E-state index is 12.2. The number of pyridine rings is 1. The molecule has 1 aliphatic rings. The van der Waals surface area contributed by atoms with Gasteiger partial charge in [-0.05, 0) is 25.0 Å². The van der Waals surface area contributed by atoms with Crippen molar-refractivity contribution in [1.29, 1.82) is 0 Å². The Bertz CT molecular complexity index is 787. The van der Waals surface area contributed by atoms with Crippen molar-refractivity contribution in [3.63, 3.8) is 0 Å². The predicted molar refractivity (Wildman–Crippen MR) is 103 cm³/mol. The van der Waals surface area contributed by atoms with Gasteiger partial charge < -0.3 is 10.2 Å². The standard InChI is InChI=1S/C21H25N3O2/c25-19(22-14-12-20(26)24-15-3-1-2-4-16-24)11-10-18-8-5-7-17-9-6-13-23-21(17)18/h5-11,13H,1-4,12,14-16H2,(H,22,25)/b11-10+. The van der Waals surface area contributed by atoms with Gasteiger partial charge in [0.05, 0.1) is 5.52 Å². The van der Waals surface area contributed by atoms with Crippen LogP contribution in [0.15, 0.2) is 42.6 Å². The number of para-hydroxylation sites is 1. The number of hydrogen-bond acceptors (Lipinski definition) is 3. The Morgan fingerprint density at radius 3 is 2.65 bits per heavy atom. The van der Waals surface area contributed by atoms with E-state index < -0.39 is 0 Å². The Labute approximate surface area is 154 Å². The first kappa shape index (κ1) is 18.1. The summed E-state index contributed by atoms with van der Waals surface area (Å²) >= 11 is 0. The summed E-state index contributed by atoms with van der Waals surface area (Å²) in [6.07, 6.45) is 9.94. The molecule has 5 heteroatoms. The third-order valence-corrected chi connectivity index (χ3v) is 4.68. The van der Waals surface area contributed by atoms with Crippen molar-refractivity contribution in [3.05, 3.63) is 48.2 Å². The Morgan fingerprint density at radius 1 is 1.08 bits per heavy atom. The Balaban J connectivity index is 1.49. The first-order valence-electron chi connectivity index (χ1n) is 9.31. The fourth-order valence-electron chi connectivity index (χ4n) is 3.26. The normalized spacial score (nSPS) is 15.2. The molecule has 0 unspecified atom stereocenters. The summed E-state index contributed by atoms with van der Waals surface area (Å²) < 4.78 is 0. The van der Waals surface area contributed by atoms with E-state index in [2.05, 4.69) is 10.3 Å². The minimum Gasteiger partial charge on any atom is -0.352 e. The zero-order valence-corrected chi connectivity index (χ0v) is 15.0. The first-order chi connectivity index (χ1) is 12.7. The van der Waals surface area contributed by atoms with Crippen LogP contribution < -0.4 is 5.32 Å². The number of likely N-dealkylation sites (tertiary alicyclic amines) is 1. The molecule has 0 saturated carbocycles. The molecule has 136 valence electrons. The molecule has 1 N–H and O–H groups in total. The molecule has 1 saturated heterocycles. The van der Waals surface area contributed by atoms with Gasteiger partial charge in [-0.2, -0.15) is 0 Å². The Hall–Kier alpha value is -2.69. The number of amides is 2. The molecule has 1 aromatic heterocycles. The van der Waals surface area contributed by atoms with Crippen LogP contribution in [0.1, 0.15) is 37.7 Å². The molecule has 26 heavy (non-hydrogen) atoms. The zero-order valence-electron chi connectivity index (χ0n) is 15.0. The van der Waals surface area contributed by atoms with Gasteiger partial charge in [0.15, 0.2) is 0 Å². The fourth-order valence-corrected chi connectivity index (χ4v) is 3.26. The van der Waals surface area contributed by atoms with Crippen LogP contribution in [0, 0.1) is 0 Å². The molecule has 3 rings (SSSR count). The third-order valence-electron chi connectivity index (χ3n) is 4.68. The molecule has 0 radical (unpaired) electrons. The lowest BCUT2D eigenvalue weighted by molar-refractivity contribution is -0.131. The average Bonchev–Trinajstić information content (AvgIpc) is 2.96. The summed E-state index contributed by atoms with van der Waals surface area (Å²) in [6.45, 7) is 2.06. The topological polar surface area (TPSA) is 62.3 Å². The molecule has 1 aliphatic heterocycles. The van der Waals surface area contributed by atoms with E-state index in [0.29, 0.717) is 13.0 Å². The number of benzene rings is 1. The number of nitrogens with zero attached hydrogens (tertiary/aromatic N) is 2. The van der Waals surface area contributed by atoms with E-state index in [1.165, 1.54) is 18.9 Å². The van der Waals surface area contributed by atoms with Gasteiger partial charge in [-0.3, -0.25) is 14.6 Å². The molecule has 0 spiro atoms. The van der Waals surface area contributed by atoms with Gasteiger partial charge in [0.2, 0.25) is 11.8 Å². The highest BCUT2D eigenvalue weighted by atomic mass is 16.2. The lowest BCUT2D eigenvalue weighted by atomic mass is 10.1. The van der Waals surface area contributed by atoms with Crippen LogP contribution in [0.3, 0.4) is 0 Å². The van der Waals surface area contributed by atoms with Gasteiger partial charge in [-0.1, -0.05) is 37.1 Å². The van der Waals surface area contributed by atoms with Gasteiger partial charge in [0.1, 0.15) is 0 Å². The summed E-state index contributed by atoms with van der Waals surface area (Å²) in [7, 11) is 0. The van der Waals surface area contributed by atoms with Crippen molar-refractivity contribution < 1.29 is 9.59 Å². The smallest absolute Gasteiger partial charge is 0.244 e. The van der Waals surface area contributed by atoms with E-state index in [9.17, 15) is 9.59 Å². The van der Waals surface area contributed by atoms with Crippen molar-refractivity contribution in [3.8, 4) is 0 Å². The summed E-state index contributed by atoms with van der Waals surface area (Å²) in [6, 6.07) is 9.76. The molecular formula is C21H25N3O2. The van der Waals surface area contributed by atoms with Gasteiger partial charge in [-0.15, -0.1) is 0 Å². The lowest BCUT2D eigenvalue weighted by Gasteiger charge is -2.20. The molecule has 1 aromatic carbocycles. The summed E-state index contributed by atoms with van der Waals surface area (Å²) in [5.41, 5.74) is 1.77. The minimum atomic E-state index is -0.193. The quantitative estimate of drug-likeness (QED) is 0.842. The van der Waals surface area contributed by atoms with Crippen LogP contribution in [0.2, 0.25) is 0 Å². The van der Waals surface area contributed by atoms with Crippen molar-refractivity contribution in [2.24, 2.45) is 0 Å². The Kier molecular flexibility index (Phi) is 6.36. The minimum absolute atomic E-state index is 0.134. The van der Waals surface area contributed by atoms with Crippen molar-refractivity contribution >= 4 is 28.8 Å². The van der Waals surface area contributed by atoms with Crippen LogP contribution >= 0.6 is 0 Å². The molecule has 0 bridgehead atoms. The van der Waals surface area contributed by atoms with E-state index >= 15 is 0 Å². The highest BCUT2D eigenvalue weighted by Gasteiger charge is 2.14. The molecule has 2 heterocycles. The average molecular weight is 351 g/mol. The number of carbonyl (C=O) groups is 2. The number of carbonyl (C=O) groups excluding carboxylic acids is 2. The summed E-state index contributed by atoms with van der Waals surface area (Å²) in [5, 5.41) is 3.83. The second kappa shape index (κ2) is 9.13. The van der Waals surface area contributed by atoms with Crippen LogP contribution in [0.25, 0.3) is 17.0 Å². The number of hydrogen-bond donors (Lipinski definition) is 1. The third kappa shape index (κ3) is 4.91. The van der Waals surface area contributed by atoms with Crippen molar-refractivity contribution in [2.45, 2.75) is 32.1 Å². The number of rotatable bonds is 5. The zero-order chi connectivity index (χ0) is 18.2. The molecular weight excluding hydrogens is 326 g/mol. The summed E-state index contributed by atoms with van der Waals surface area (Å²) in [5.74, 6) is -0.0592. The molecule has 0 atom stereocenters. The maximum atomic E-state index is 12.2. The number of aromatic nitrogens is 1. The van der Waals surface area contributed by atoms with Gasteiger partial charge in [0, 0.05) is 49.3 Å².